The van der Waals surface area contributed by atoms with Crippen molar-refractivity contribution in [2.45, 2.75) is 12.5 Å². The molecule has 0 radical (unpaired) electrons. The molecule has 1 atom stereocenters. The Morgan fingerprint density at radius 1 is 1.59 bits per heavy atom. The van der Waals surface area contributed by atoms with Crippen LogP contribution in [-0.2, 0) is 10.4 Å². The highest BCUT2D eigenvalue weighted by molar-refractivity contribution is 6.31. The van der Waals surface area contributed by atoms with E-state index in [0.717, 1.165) is 0 Å². The molecule has 1 aliphatic heterocycles. The molecule has 0 saturated carbocycles. The predicted octanol–water partition coefficient (Wildman–Crippen LogP) is 2.24. The number of carbonyl (C=O) groups excluding carboxylic acids is 1. The molecular weight excluding hydrogens is 238 g/mol. The summed E-state index contributed by atoms with van der Waals surface area (Å²) in [7, 11) is 1.61. The van der Waals surface area contributed by atoms with E-state index in [1.165, 1.54) is 4.90 Å². The molecule has 88 valence electrons. The number of anilines is 1. The van der Waals surface area contributed by atoms with Crippen molar-refractivity contribution in [2.24, 2.45) is 0 Å². The lowest BCUT2D eigenvalue weighted by Crippen LogP contribution is -2.39. The van der Waals surface area contributed by atoms with Crippen LogP contribution in [0.15, 0.2) is 36.1 Å². The molecule has 0 fully saturated rings. The van der Waals surface area contributed by atoms with Crippen LogP contribution in [0.4, 0.5) is 5.69 Å². The maximum Gasteiger partial charge on any atom is 0.268 e. The second-order valence-corrected chi connectivity index (χ2v) is 4.47. The number of amides is 1. The first-order valence-electron chi connectivity index (χ1n) is 5.10. The second-order valence-electron chi connectivity index (χ2n) is 4.04. The standard InChI is InChI=1S/C13H12ClNO2/c1-4-8(2)13(17)10-7-9(14)5-6-11(10)15(3)12(13)16/h5-7,17H,1H2,2-3H3. The first-order valence-corrected chi connectivity index (χ1v) is 5.48. The number of carbonyl (C=O) groups is 1. The molecule has 4 heteroatoms. The van der Waals surface area contributed by atoms with Crippen LogP contribution in [0.5, 0.6) is 0 Å². The molecule has 0 spiro atoms. The third-order valence-electron chi connectivity index (χ3n) is 3.13. The summed E-state index contributed by atoms with van der Waals surface area (Å²) in [4.78, 5) is 13.5. The first kappa shape index (κ1) is 11.9. The van der Waals surface area contributed by atoms with E-state index in [-0.39, 0.29) is 0 Å². The Morgan fingerprint density at radius 3 is 2.82 bits per heavy atom. The highest BCUT2D eigenvalue weighted by atomic mass is 35.5. The quantitative estimate of drug-likeness (QED) is 0.776. The molecule has 1 aromatic rings. The Balaban J connectivity index is 2.78. The molecule has 17 heavy (non-hydrogen) atoms. The van der Waals surface area contributed by atoms with Crippen molar-refractivity contribution in [1.82, 2.24) is 0 Å². The van der Waals surface area contributed by atoms with Gasteiger partial charge in [-0.2, -0.15) is 0 Å². The summed E-state index contributed by atoms with van der Waals surface area (Å²) >= 11 is 5.91. The second kappa shape index (κ2) is 3.74. The van der Waals surface area contributed by atoms with Crippen molar-refractivity contribution in [1.29, 1.82) is 0 Å². The van der Waals surface area contributed by atoms with Crippen molar-refractivity contribution in [3.05, 3.63) is 46.7 Å². The van der Waals surface area contributed by atoms with Gasteiger partial charge in [-0.25, -0.2) is 0 Å². The average molecular weight is 250 g/mol. The molecule has 0 aliphatic carbocycles. The van der Waals surface area contributed by atoms with Crippen LogP contribution in [0.3, 0.4) is 0 Å². The molecule has 1 heterocycles. The minimum atomic E-state index is -1.70. The zero-order valence-corrected chi connectivity index (χ0v) is 10.4. The third-order valence-corrected chi connectivity index (χ3v) is 3.37. The fourth-order valence-electron chi connectivity index (χ4n) is 2.05. The number of hydrogen-bond donors (Lipinski definition) is 1. The first-order chi connectivity index (χ1) is 7.92. The van der Waals surface area contributed by atoms with Gasteiger partial charge in [-0.3, -0.25) is 4.79 Å². The molecule has 1 amide bonds. The van der Waals surface area contributed by atoms with Gasteiger partial charge in [0.25, 0.3) is 5.91 Å². The Labute approximate surface area is 105 Å². The van der Waals surface area contributed by atoms with Crippen molar-refractivity contribution in [3.63, 3.8) is 0 Å². The van der Waals surface area contributed by atoms with E-state index in [9.17, 15) is 9.90 Å². The number of nitrogens with zero attached hydrogens (tertiary/aromatic N) is 1. The average Bonchev–Trinajstić information content (AvgIpc) is 2.51. The fourth-order valence-corrected chi connectivity index (χ4v) is 2.22. The Hall–Kier alpha value is -1.54. The lowest BCUT2D eigenvalue weighted by atomic mass is 9.89. The van der Waals surface area contributed by atoms with E-state index in [1.807, 2.05) is 0 Å². The van der Waals surface area contributed by atoms with Gasteiger partial charge in [0.05, 0.1) is 5.69 Å². The van der Waals surface area contributed by atoms with Crippen molar-refractivity contribution >= 4 is 23.2 Å². The van der Waals surface area contributed by atoms with Crippen LogP contribution in [0.25, 0.3) is 0 Å². The molecule has 0 saturated heterocycles. The number of halogens is 1. The van der Waals surface area contributed by atoms with Crippen molar-refractivity contribution in [2.75, 3.05) is 11.9 Å². The molecule has 1 N–H and O–H groups in total. The van der Waals surface area contributed by atoms with Gasteiger partial charge in [0.1, 0.15) is 0 Å². The lowest BCUT2D eigenvalue weighted by molar-refractivity contribution is -0.132. The summed E-state index contributed by atoms with van der Waals surface area (Å²) < 4.78 is 0. The van der Waals surface area contributed by atoms with Gasteiger partial charge in [0.15, 0.2) is 5.60 Å². The van der Waals surface area contributed by atoms with Gasteiger partial charge in [-0.05, 0) is 25.1 Å². The van der Waals surface area contributed by atoms with Crippen molar-refractivity contribution < 1.29 is 9.90 Å². The summed E-state index contributed by atoms with van der Waals surface area (Å²) in [5.74, 6) is -0.414. The number of likely N-dealkylation sites (N-methyl/N-ethyl adjacent to an activating group) is 1. The van der Waals surface area contributed by atoms with Crippen LogP contribution in [0.1, 0.15) is 12.5 Å². The van der Waals surface area contributed by atoms with Gasteiger partial charge in [0, 0.05) is 23.2 Å². The minimum Gasteiger partial charge on any atom is -0.371 e. The lowest BCUT2D eigenvalue weighted by Gasteiger charge is -2.21. The maximum absolute atomic E-state index is 12.1. The largest absolute Gasteiger partial charge is 0.371 e. The number of aliphatic hydroxyl groups is 1. The van der Waals surface area contributed by atoms with Gasteiger partial charge < -0.3 is 10.0 Å². The van der Waals surface area contributed by atoms with E-state index in [1.54, 1.807) is 32.2 Å². The van der Waals surface area contributed by atoms with E-state index in [4.69, 9.17) is 11.6 Å². The van der Waals surface area contributed by atoms with Gasteiger partial charge in [-0.1, -0.05) is 18.2 Å². The van der Waals surface area contributed by atoms with E-state index < -0.39 is 11.5 Å². The Bertz CT molecular complexity index is 561. The Kier molecular flexibility index (Phi) is 2.63. The topological polar surface area (TPSA) is 40.5 Å². The fraction of sp³-hybridized carbons (Fsp3) is 0.231. The monoisotopic (exact) mass is 249 g/mol. The van der Waals surface area contributed by atoms with Crippen LogP contribution in [0, 0.1) is 0 Å². The molecule has 2 rings (SSSR count). The van der Waals surface area contributed by atoms with Crippen LogP contribution < -0.4 is 4.90 Å². The van der Waals surface area contributed by atoms with Crippen molar-refractivity contribution in [3.8, 4) is 0 Å². The number of rotatable bonds is 1. The highest BCUT2D eigenvalue weighted by Crippen LogP contribution is 2.44. The summed E-state index contributed by atoms with van der Waals surface area (Å²) in [5, 5.41) is 11.1. The normalized spacial score (nSPS) is 22.4. The smallest absolute Gasteiger partial charge is 0.268 e. The number of benzene rings is 1. The highest BCUT2D eigenvalue weighted by Gasteiger charge is 2.49. The molecular formula is C13H12ClNO2. The van der Waals surface area contributed by atoms with Gasteiger partial charge >= 0.3 is 0 Å². The minimum absolute atomic E-state index is 0.371. The van der Waals surface area contributed by atoms with Gasteiger partial charge in [0.2, 0.25) is 0 Å². The van der Waals surface area contributed by atoms with Crippen LogP contribution in [0.2, 0.25) is 5.02 Å². The summed E-state index contributed by atoms with van der Waals surface area (Å²) in [6.45, 7) is 5.10. The van der Waals surface area contributed by atoms with E-state index >= 15 is 0 Å². The zero-order chi connectivity index (χ0) is 12.8. The third kappa shape index (κ3) is 1.44. The zero-order valence-electron chi connectivity index (χ0n) is 9.62. The van der Waals surface area contributed by atoms with E-state index in [0.29, 0.717) is 21.8 Å². The number of fused-ring (bicyclic) bond motifs is 1. The molecule has 3 nitrogen and oxygen atoms in total. The molecule has 1 aliphatic rings. The molecule has 0 aromatic heterocycles. The summed E-state index contributed by atoms with van der Waals surface area (Å²) in [6, 6.07) is 4.99. The van der Waals surface area contributed by atoms with Crippen LogP contribution >= 0.6 is 11.6 Å². The maximum atomic E-state index is 12.1. The van der Waals surface area contributed by atoms with Gasteiger partial charge in [-0.15, -0.1) is 5.73 Å². The van der Waals surface area contributed by atoms with E-state index in [2.05, 4.69) is 12.3 Å². The summed E-state index contributed by atoms with van der Waals surface area (Å²) in [5.41, 5.74) is 2.39. The predicted molar refractivity (Wildman–Crippen MR) is 67.1 cm³/mol. The molecule has 1 unspecified atom stereocenters. The Morgan fingerprint density at radius 2 is 2.24 bits per heavy atom. The SMILES string of the molecule is C=C=C(C)C1(O)C(=O)N(C)c2ccc(Cl)cc21. The summed E-state index contributed by atoms with van der Waals surface area (Å²) in [6.07, 6.45) is 0. The molecule has 0 bridgehead atoms. The van der Waals surface area contributed by atoms with Crippen LogP contribution in [-0.4, -0.2) is 18.1 Å². The molecule has 1 aromatic carbocycles. The number of hydrogen-bond acceptors (Lipinski definition) is 2.